The number of aliphatic hydroxyl groups excluding tert-OH is 1. The summed E-state index contributed by atoms with van der Waals surface area (Å²) in [5.41, 5.74) is 0.473. The maximum absolute atomic E-state index is 11.8. The Bertz CT molecular complexity index is 545. The van der Waals surface area contributed by atoms with Crippen molar-refractivity contribution in [2.45, 2.75) is 64.7 Å². The van der Waals surface area contributed by atoms with Crippen LogP contribution in [0.2, 0.25) is 0 Å². The SMILES string of the molecule is CCCCC(CC)c1cc(=O)[nH]c(NC(=O)NCCCCCO)n1. The molecule has 0 aliphatic rings. The zero-order valence-corrected chi connectivity index (χ0v) is 14.7. The molecule has 1 aromatic rings. The fourth-order valence-electron chi connectivity index (χ4n) is 2.52. The average Bonchev–Trinajstić information content (AvgIpc) is 2.55. The normalized spacial score (nSPS) is 12.0. The lowest BCUT2D eigenvalue weighted by Gasteiger charge is -2.14. The highest BCUT2D eigenvalue weighted by atomic mass is 16.3. The number of H-pyrrole nitrogens is 1. The zero-order chi connectivity index (χ0) is 17.8. The van der Waals surface area contributed by atoms with Gasteiger partial charge in [0.1, 0.15) is 0 Å². The fourth-order valence-corrected chi connectivity index (χ4v) is 2.52. The van der Waals surface area contributed by atoms with Crippen molar-refractivity contribution in [1.82, 2.24) is 15.3 Å². The Morgan fingerprint density at radius 1 is 1.29 bits per heavy atom. The van der Waals surface area contributed by atoms with Crippen LogP contribution in [-0.4, -0.2) is 34.3 Å². The summed E-state index contributed by atoms with van der Waals surface area (Å²) in [4.78, 5) is 30.6. The molecule has 1 atom stereocenters. The molecule has 4 N–H and O–H groups in total. The number of rotatable bonds is 11. The Labute approximate surface area is 143 Å². The minimum atomic E-state index is -0.388. The summed E-state index contributed by atoms with van der Waals surface area (Å²) >= 11 is 0. The van der Waals surface area contributed by atoms with Gasteiger partial charge in [0, 0.05) is 25.1 Å². The number of unbranched alkanes of at least 4 members (excludes halogenated alkanes) is 3. The quantitative estimate of drug-likeness (QED) is 0.465. The Morgan fingerprint density at radius 3 is 2.75 bits per heavy atom. The molecule has 0 spiro atoms. The van der Waals surface area contributed by atoms with Crippen molar-refractivity contribution in [3.8, 4) is 0 Å². The van der Waals surface area contributed by atoms with E-state index < -0.39 is 0 Å². The third-order valence-electron chi connectivity index (χ3n) is 3.93. The van der Waals surface area contributed by atoms with Crippen LogP contribution in [0.15, 0.2) is 10.9 Å². The molecule has 0 aliphatic heterocycles. The van der Waals surface area contributed by atoms with Gasteiger partial charge in [0.15, 0.2) is 0 Å². The van der Waals surface area contributed by atoms with Crippen molar-refractivity contribution in [3.05, 3.63) is 22.1 Å². The van der Waals surface area contributed by atoms with Gasteiger partial charge >= 0.3 is 6.03 Å². The molecule has 1 aromatic heterocycles. The molecule has 0 bridgehead atoms. The van der Waals surface area contributed by atoms with Crippen molar-refractivity contribution < 1.29 is 9.90 Å². The molecule has 24 heavy (non-hydrogen) atoms. The van der Waals surface area contributed by atoms with E-state index in [9.17, 15) is 9.59 Å². The minimum Gasteiger partial charge on any atom is -0.396 e. The first kappa shape index (κ1) is 20.2. The molecule has 0 fully saturated rings. The Kier molecular flexibility index (Phi) is 9.76. The van der Waals surface area contributed by atoms with Crippen molar-refractivity contribution in [2.24, 2.45) is 0 Å². The highest BCUT2D eigenvalue weighted by Crippen LogP contribution is 2.23. The van der Waals surface area contributed by atoms with E-state index in [0.29, 0.717) is 6.54 Å². The van der Waals surface area contributed by atoms with Gasteiger partial charge in [0.2, 0.25) is 5.95 Å². The first-order valence-electron chi connectivity index (χ1n) is 8.87. The number of hydrogen-bond acceptors (Lipinski definition) is 4. The lowest BCUT2D eigenvalue weighted by atomic mass is 9.96. The van der Waals surface area contributed by atoms with E-state index in [2.05, 4.69) is 34.4 Å². The standard InChI is InChI=1S/C17H30N4O3/c1-3-5-9-13(4-2)14-12-15(23)20-16(19-14)21-17(24)18-10-7-6-8-11-22/h12-13,22H,3-11H2,1-2H3,(H3,18,19,20,21,23,24). The predicted octanol–water partition coefficient (Wildman–Crippen LogP) is 2.74. The fraction of sp³-hybridized carbons (Fsp3) is 0.706. The molecule has 1 unspecified atom stereocenters. The minimum absolute atomic E-state index is 0.167. The number of anilines is 1. The van der Waals surface area contributed by atoms with Crippen LogP contribution in [0.25, 0.3) is 0 Å². The summed E-state index contributed by atoms with van der Waals surface area (Å²) in [5.74, 6) is 0.412. The van der Waals surface area contributed by atoms with E-state index in [4.69, 9.17) is 5.11 Å². The largest absolute Gasteiger partial charge is 0.396 e. The summed E-state index contributed by atoms with van der Waals surface area (Å²) in [6.45, 7) is 4.90. The van der Waals surface area contributed by atoms with E-state index in [0.717, 1.165) is 50.6 Å². The lowest BCUT2D eigenvalue weighted by molar-refractivity contribution is 0.251. The molecule has 2 amide bonds. The first-order chi connectivity index (χ1) is 11.6. The van der Waals surface area contributed by atoms with Crippen LogP contribution in [0.1, 0.15) is 70.4 Å². The molecular weight excluding hydrogens is 308 g/mol. The third-order valence-corrected chi connectivity index (χ3v) is 3.93. The van der Waals surface area contributed by atoms with E-state index in [-0.39, 0.29) is 30.1 Å². The van der Waals surface area contributed by atoms with E-state index >= 15 is 0 Å². The number of hydrogen-bond donors (Lipinski definition) is 4. The van der Waals surface area contributed by atoms with Gasteiger partial charge in [-0.15, -0.1) is 0 Å². The number of aliphatic hydroxyl groups is 1. The van der Waals surface area contributed by atoms with Crippen molar-refractivity contribution in [3.63, 3.8) is 0 Å². The highest BCUT2D eigenvalue weighted by Gasteiger charge is 2.13. The third kappa shape index (κ3) is 7.59. The van der Waals surface area contributed by atoms with Crippen LogP contribution < -0.4 is 16.2 Å². The predicted molar refractivity (Wildman–Crippen MR) is 95.4 cm³/mol. The highest BCUT2D eigenvalue weighted by molar-refractivity contribution is 5.87. The second-order valence-corrected chi connectivity index (χ2v) is 5.93. The number of nitrogens with one attached hydrogen (secondary N) is 3. The van der Waals surface area contributed by atoms with Crippen LogP contribution in [0.5, 0.6) is 0 Å². The van der Waals surface area contributed by atoms with Crippen molar-refractivity contribution in [2.75, 3.05) is 18.5 Å². The van der Waals surface area contributed by atoms with Crippen LogP contribution in [0, 0.1) is 0 Å². The molecular formula is C17H30N4O3. The summed E-state index contributed by atoms with van der Waals surface area (Å²) in [6.07, 6.45) is 6.47. The summed E-state index contributed by atoms with van der Waals surface area (Å²) in [6, 6.07) is 1.13. The molecule has 0 radical (unpaired) electrons. The average molecular weight is 338 g/mol. The maximum atomic E-state index is 11.8. The van der Waals surface area contributed by atoms with Crippen LogP contribution in [-0.2, 0) is 0 Å². The number of nitrogens with zero attached hydrogens (tertiary/aromatic N) is 1. The van der Waals surface area contributed by atoms with Gasteiger partial charge in [0.25, 0.3) is 5.56 Å². The molecule has 0 saturated carbocycles. The van der Waals surface area contributed by atoms with Gasteiger partial charge in [-0.3, -0.25) is 15.1 Å². The van der Waals surface area contributed by atoms with E-state index in [1.54, 1.807) is 0 Å². The van der Waals surface area contributed by atoms with Crippen LogP contribution >= 0.6 is 0 Å². The van der Waals surface area contributed by atoms with Gasteiger partial charge < -0.3 is 10.4 Å². The van der Waals surface area contributed by atoms with Gasteiger partial charge in [0.05, 0.1) is 5.69 Å². The van der Waals surface area contributed by atoms with Gasteiger partial charge in [-0.25, -0.2) is 9.78 Å². The molecule has 7 nitrogen and oxygen atoms in total. The molecule has 0 aromatic carbocycles. The smallest absolute Gasteiger partial charge is 0.321 e. The summed E-state index contributed by atoms with van der Waals surface area (Å²) in [7, 11) is 0. The number of urea groups is 1. The maximum Gasteiger partial charge on any atom is 0.321 e. The first-order valence-corrected chi connectivity index (χ1v) is 8.87. The van der Waals surface area contributed by atoms with E-state index in [1.165, 1.54) is 6.07 Å². The molecule has 1 heterocycles. The van der Waals surface area contributed by atoms with Gasteiger partial charge in [-0.1, -0.05) is 26.7 Å². The summed E-state index contributed by atoms with van der Waals surface area (Å²) < 4.78 is 0. The number of aromatic nitrogens is 2. The monoisotopic (exact) mass is 338 g/mol. The molecule has 136 valence electrons. The zero-order valence-electron chi connectivity index (χ0n) is 14.7. The number of carbonyl (C=O) groups is 1. The topological polar surface area (TPSA) is 107 Å². The van der Waals surface area contributed by atoms with Crippen molar-refractivity contribution >= 4 is 12.0 Å². The van der Waals surface area contributed by atoms with Crippen LogP contribution in [0.3, 0.4) is 0 Å². The Hall–Kier alpha value is -1.89. The Morgan fingerprint density at radius 2 is 2.08 bits per heavy atom. The van der Waals surface area contributed by atoms with Gasteiger partial charge in [-0.05, 0) is 32.1 Å². The molecule has 1 rings (SSSR count). The molecule has 7 heteroatoms. The van der Waals surface area contributed by atoms with Crippen molar-refractivity contribution in [1.29, 1.82) is 0 Å². The second-order valence-electron chi connectivity index (χ2n) is 5.93. The van der Waals surface area contributed by atoms with E-state index in [1.807, 2.05) is 0 Å². The Balaban J connectivity index is 2.61. The lowest BCUT2D eigenvalue weighted by Crippen LogP contribution is -2.31. The number of aromatic amines is 1. The van der Waals surface area contributed by atoms with Crippen LogP contribution in [0.4, 0.5) is 10.7 Å². The molecule has 0 aliphatic carbocycles. The number of carbonyl (C=O) groups excluding carboxylic acids is 1. The second kappa shape index (κ2) is 11.6. The number of amides is 2. The summed E-state index contributed by atoms with van der Waals surface area (Å²) in [5, 5.41) is 14.0. The van der Waals surface area contributed by atoms with Gasteiger partial charge in [-0.2, -0.15) is 0 Å². The molecule has 0 saturated heterocycles.